The molecule has 33 heavy (non-hydrogen) atoms. The molecule has 0 N–H and O–H groups in total. The molecule has 0 spiro atoms. The number of rotatable bonds is 7. The van der Waals surface area contributed by atoms with E-state index in [-0.39, 0.29) is 18.2 Å². The molecule has 0 radical (unpaired) electrons. The Bertz CT molecular complexity index is 929. The molecular formula is C29H43NO2Si. The van der Waals surface area contributed by atoms with E-state index in [1.165, 1.54) is 45.6 Å². The first kappa shape index (κ1) is 25.5. The lowest BCUT2D eigenvalue weighted by Crippen LogP contribution is -2.50. The van der Waals surface area contributed by atoms with E-state index in [1.807, 2.05) is 4.90 Å². The molecule has 0 saturated heterocycles. The summed E-state index contributed by atoms with van der Waals surface area (Å²) < 4.78 is 6.46. The molecule has 6 rings (SSSR count). The zero-order chi connectivity index (χ0) is 24.2. The lowest BCUT2D eigenvalue weighted by molar-refractivity contribution is 0.122. The van der Waals surface area contributed by atoms with Gasteiger partial charge in [-0.15, -0.1) is 0 Å². The van der Waals surface area contributed by atoms with Crippen LogP contribution in [0.1, 0.15) is 70.7 Å². The van der Waals surface area contributed by atoms with Gasteiger partial charge in [-0.3, -0.25) is 0 Å². The van der Waals surface area contributed by atoms with E-state index in [2.05, 4.69) is 84.9 Å². The van der Waals surface area contributed by atoms with Gasteiger partial charge in [0.25, 0.3) is 0 Å². The standard InChI is InChI=1S/C29H43NO2Si/c1-8-33(9-2,10-3)28-26-18-16-24-13-11-23(12-14-24)15-17-25(19-20-26)27(28)32-29(31)30(21(4)5)22(6)7/h11-14,19-22H,8-10,15-18H2,1-7H3. The number of carbonyl (C=O) groups is 1. The first-order valence-electron chi connectivity index (χ1n) is 13.0. The van der Waals surface area contributed by atoms with E-state index in [0.29, 0.717) is 0 Å². The second-order valence-corrected chi connectivity index (χ2v) is 15.4. The molecule has 0 aliphatic heterocycles. The minimum Gasteiger partial charge on any atom is -0.410 e. The van der Waals surface area contributed by atoms with Crippen molar-refractivity contribution >= 4 is 19.4 Å². The smallest absolute Gasteiger partial charge is 0.410 e. The maximum Gasteiger partial charge on any atom is 0.415 e. The van der Waals surface area contributed by atoms with Crippen LogP contribution in [0.5, 0.6) is 5.75 Å². The number of hydrogen-bond donors (Lipinski definition) is 0. The minimum atomic E-state index is -1.81. The third-order valence-corrected chi connectivity index (χ3v) is 13.5. The first-order chi connectivity index (χ1) is 15.8. The van der Waals surface area contributed by atoms with Crippen molar-refractivity contribution in [1.29, 1.82) is 0 Å². The molecule has 3 nitrogen and oxygen atoms in total. The Morgan fingerprint density at radius 1 is 0.788 bits per heavy atom. The lowest BCUT2D eigenvalue weighted by atomic mass is 9.96. The summed E-state index contributed by atoms with van der Waals surface area (Å²) in [4.78, 5) is 15.4. The summed E-state index contributed by atoms with van der Waals surface area (Å²) in [6, 6.07) is 17.4. The van der Waals surface area contributed by atoms with E-state index < -0.39 is 8.07 Å². The van der Waals surface area contributed by atoms with E-state index in [9.17, 15) is 4.79 Å². The van der Waals surface area contributed by atoms with Crippen molar-refractivity contribution in [1.82, 2.24) is 4.90 Å². The van der Waals surface area contributed by atoms with E-state index in [0.717, 1.165) is 31.4 Å². The van der Waals surface area contributed by atoms with Gasteiger partial charge >= 0.3 is 6.09 Å². The Labute approximate surface area is 202 Å². The van der Waals surface area contributed by atoms with Crippen LogP contribution in [0, 0.1) is 0 Å². The summed E-state index contributed by atoms with van der Waals surface area (Å²) >= 11 is 0. The number of benzene rings is 2. The average Bonchev–Trinajstić information content (AvgIpc) is 2.78. The molecule has 0 aromatic heterocycles. The fraction of sp³-hybridized carbons (Fsp3) is 0.552. The quantitative estimate of drug-likeness (QED) is 0.416. The zero-order valence-electron chi connectivity index (χ0n) is 21.8. The van der Waals surface area contributed by atoms with E-state index >= 15 is 0 Å². The monoisotopic (exact) mass is 465 g/mol. The Hall–Kier alpha value is -2.07. The maximum atomic E-state index is 13.5. The maximum absolute atomic E-state index is 13.5. The molecule has 4 bridgehead atoms. The highest BCUT2D eigenvalue weighted by molar-refractivity contribution is 6.92. The summed E-state index contributed by atoms with van der Waals surface area (Å²) in [5.41, 5.74) is 5.31. The molecule has 2 aromatic carbocycles. The van der Waals surface area contributed by atoms with Gasteiger partial charge in [0.2, 0.25) is 0 Å². The molecule has 2 aromatic rings. The van der Waals surface area contributed by atoms with Gasteiger partial charge < -0.3 is 9.64 Å². The number of carbonyl (C=O) groups excluding carboxylic acids is 1. The van der Waals surface area contributed by atoms with Crippen molar-refractivity contribution in [3.05, 3.63) is 58.7 Å². The molecule has 0 heterocycles. The van der Waals surface area contributed by atoms with Gasteiger partial charge in [0.15, 0.2) is 0 Å². The SMILES string of the molecule is CC[Si](CC)(CC)c1c2ccc(c1OC(=O)N(C(C)C)C(C)C)CCc1ccc(cc1)CC2. The van der Waals surface area contributed by atoms with Crippen molar-refractivity contribution in [3.63, 3.8) is 0 Å². The third-order valence-electron chi connectivity index (χ3n) is 7.79. The molecule has 0 saturated carbocycles. The van der Waals surface area contributed by atoms with E-state index in [4.69, 9.17) is 4.74 Å². The highest BCUT2D eigenvalue weighted by atomic mass is 28.3. The van der Waals surface area contributed by atoms with Crippen molar-refractivity contribution in [2.75, 3.05) is 0 Å². The van der Waals surface area contributed by atoms with Crippen LogP contribution in [0.4, 0.5) is 4.79 Å². The summed E-state index contributed by atoms with van der Waals surface area (Å²) in [5, 5.41) is 1.42. The van der Waals surface area contributed by atoms with Crippen LogP contribution in [0.25, 0.3) is 0 Å². The van der Waals surface area contributed by atoms with Gasteiger partial charge in [-0.2, -0.15) is 0 Å². The third kappa shape index (κ3) is 5.37. The van der Waals surface area contributed by atoms with Crippen molar-refractivity contribution in [2.24, 2.45) is 0 Å². The predicted molar refractivity (Wildman–Crippen MR) is 143 cm³/mol. The summed E-state index contributed by atoms with van der Waals surface area (Å²) in [5.74, 6) is 0.899. The van der Waals surface area contributed by atoms with Gasteiger partial charge in [0.05, 0.1) is 8.07 Å². The summed E-state index contributed by atoms with van der Waals surface area (Å²) in [7, 11) is -1.81. The normalized spacial score (nSPS) is 13.8. The number of ether oxygens (including phenoxy) is 1. The van der Waals surface area contributed by atoms with Crippen molar-refractivity contribution < 1.29 is 9.53 Å². The molecule has 0 atom stereocenters. The Balaban J connectivity index is 2.19. The Kier molecular flexibility index (Phi) is 8.44. The summed E-state index contributed by atoms with van der Waals surface area (Å²) in [6.07, 6.45) is 3.65. The number of hydrogen-bond acceptors (Lipinski definition) is 2. The molecule has 180 valence electrons. The first-order valence-corrected chi connectivity index (χ1v) is 15.6. The predicted octanol–water partition coefficient (Wildman–Crippen LogP) is 6.90. The largest absolute Gasteiger partial charge is 0.415 e. The average molecular weight is 466 g/mol. The van der Waals surface area contributed by atoms with Gasteiger partial charge in [0, 0.05) is 12.1 Å². The molecule has 0 unspecified atom stereocenters. The molecule has 4 heteroatoms. The van der Waals surface area contributed by atoms with Crippen LogP contribution < -0.4 is 9.92 Å². The lowest BCUT2D eigenvalue weighted by Gasteiger charge is -2.35. The summed E-state index contributed by atoms with van der Waals surface area (Å²) in [6.45, 7) is 15.3. The van der Waals surface area contributed by atoms with Crippen LogP contribution in [0.3, 0.4) is 0 Å². The highest BCUT2D eigenvalue weighted by Crippen LogP contribution is 2.32. The van der Waals surface area contributed by atoms with Crippen LogP contribution in [-0.4, -0.2) is 31.2 Å². The minimum absolute atomic E-state index is 0.0988. The van der Waals surface area contributed by atoms with Crippen LogP contribution in [0.15, 0.2) is 36.4 Å². The second-order valence-electron chi connectivity index (χ2n) is 10.2. The van der Waals surface area contributed by atoms with Crippen molar-refractivity contribution in [2.45, 2.75) is 104 Å². The van der Waals surface area contributed by atoms with Crippen LogP contribution in [-0.2, 0) is 25.7 Å². The molecule has 4 aliphatic carbocycles. The van der Waals surface area contributed by atoms with Gasteiger partial charge in [0.1, 0.15) is 5.75 Å². The topological polar surface area (TPSA) is 29.5 Å². The molecule has 4 aliphatic rings. The molecule has 0 fully saturated rings. The van der Waals surface area contributed by atoms with Gasteiger partial charge in [-0.05, 0) is 80.8 Å². The van der Waals surface area contributed by atoms with Gasteiger partial charge in [-0.25, -0.2) is 4.79 Å². The second kappa shape index (κ2) is 10.9. The fourth-order valence-corrected chi connectivity index (χ4v) is 9.78. The zero-order valence-corrected chi connectivity index (χ0v) is 22.8. The van der Waals surface area contributed by atoms with Gasteiger partial charge in [-0.1, -0.05) is 75.3 Å². The number of amides is 1. The molecular weight excluding hydrogens is 422 g/mol. The Morgan fingerprint density at radius 2 is 1.24 bits per heavy atom. The van der Waals surface area contributed by atoms with E-state index in [1.54, 1.807) is 0 Å². The highest BCUT2D eigenvalue weighted by Gasteiger charge is 2.37. The molecule has 1 amide bonds. The van der Waals surface area contributed by atoms with Crippen molar-refractivity contribution in [3.8, 4) is 5.75 Å². The van der Waals surface area contributed by atoms with Crippen LogP contribution in [0.2, 0.25) is 18.1 Å². The number of nitrogens with zero attached hydrogens (tertiary/aromatic N) is 1. The van der Waals surface area contributed by atoms with Crippen LogP contribution >= 0.6 is 0 Å². The fourth-order valence-electron chi connectivity index (χ4n) is 5.64. The Morgan fingerprint density at radius 3 is 1.70 bits per heavy atom. The number of aryl methyl sites for hydroxylation is 4.